The number of rotatable bonds is 6. The third-order valence-electron chi connectivity index (χ3n) is 5.82. The number of thioether (sulfide) groups is 1. The van der Waals surface area contributed by atoms with Crippen LogP contribution in [0.1, 0.15) is 63.5 Å². The lowest BCUT2D eigenvalue weighted by Crippen LogP contribution is -2.25. The molecule has 1 aliphatic heterocycles. The van der Waals surface area contributed by atoms with Crippen LogP contribution in [-0.4, -0.2) is 24.3 Å². The average Bonchev–Trinajstić information content (AvgIpc) is 3.14. The molecule has 0 amide bonds. The molecule has 0 saturated heterocycles. The first-order chi connectivity index (χ1) is 15.9. The van der Waals surface area contributed by atoms with E-state index < -0.39 is 0 Å². The van der Waals surface area contributed by atoms with Gasteiger partial charge in [0.1, 0.15) is 0 Å². The minimum absolute atomic E-state index is 0.244. The molecule has 1 aromatic heterocycles. The number of aryl methyl sites for hydroxylation is 2. The number of carbonyl (C=O) groups excluding carboxylic acids is 1. The van der Waals surface area contributed by atoms with Crippen LogP contribution in [0, 0.1) is 13.8 Å². The Labute approximate surface area is 207 Å². The molecule has 1 aliphatic rings. The van der Waals surface area contributed by atoms with Gasteiger partial charge in [0.2, 0.25) is 0 Å². The van der Waals surface area contributed by atoms with E-state index in [4.69, 9.17) is 0 Å². The predicted molar refractivity (Wildman–Crippen MR) is 145 cm³/mol. The van der Waals surface area contributed by atoms with Crippen molar-refractivity contribution in [3.05, 3.63) is 92.7 Å². The van der Waals surface area contributed by atoms with E-state index in [2.05, 4.69) is 63.1 Å². The van der Waals surface area contributed by atoms with Crippen molar-refractivity contribution in [1.82, 2.24) is 4.90 Å². The van der Waals surface area contributed by atoms with Gasteiger partial charge in [-0.1, -0.05) is 73.3 Å². The highest BCUT2D eigenvalue weighted by atomic mass is 32.2. The summed E-state index contributed by atoms with van der Waals surface area (Å²) >= 11 is 3.90. The molecule has 0 atom stereocenters. The van der Waals surface area contributed by atoms with Gasteiger partial charge in [0.15, 0.2) is 5.78 Å². The molecule has 0 unspecified atom stereocenters. The summed E-state index contributed by atoms with van der Waals surface area (Å²) in [7, 11) is 2.22. The second-order valence-corrected chi connectivity index (χ2v) is 10.9. The number of thiophene rings is 1. The van der Waals surface area contributed by atoms with Crippen LogP contribution in [-0.2, 0) is 13.0 Å². The molecule has 2 aromatic carbocycles. The molecule has 0 aliphatic carbocycles. The van der Waals surface area contributed by atoms with Gasteiger partial charge in [0.05, 0.1) is 0 Å². The fourth-order valence-electron chi connectivity index (χ4n) is 4.03. The highest BCUT2D eigenvalue weighted by molar-refractivity contribution is 8.08. The quantitative estimate of drug-likeness (QED) is 0.264. The molecule has 2 nitrogen and oxygen atoms in total. The summed E-state index contributed by atoms with van der Waals surface area (Å²) in [6, 6.07) is 18.1. The maximum Gasteiger partial charge on any atom is 0.162 e. The molecular formula is C29H35NOS2. The molecule has 0 N–H and O–H groups in total. The standard InChI is InChI=1S/C19H23NS2.C10H12O/c1-5-16(22-17-9-7-6-8-13(17)2)19-14(3)21-18-12-20(4)11-10-15(18)19;1-2-6-10(11)9-7-4-3-5-8-9/h5-9H,10-12H2,1-4H3;3-5,7-8H,2,6H2,1H3/b16-5-;. The fraction of sp³-hybridized carbons (Fsp3) is 0.345. The first kappa shape index (κ1) is 25.5. The Balaban J connectivity index is 0.000000235. The number of allylic oxidation sites excluding steroid dienone is 1. The number of fused-ring (bicyclic) bond motifs is 1. The molecule has 174 valence electrons. The number of likely N-dealkylation sites (N-methyl/N-ethyl adjacent to an activating group) is 1. The summed E-state index contributed by atoms with van der Waals surface area (Å²) in [6.07, 6.45) is 5.04. The lowest BCUT2D eigenvalue weighted by Gasteiger charge is -2.23. The van der Waals surface area contributed by atoms with Crippen molar-refractivity contribution in [3.8, 4) is 0 Å². The predicted octanol–water partition coefficient (Wildman–Crippen LogP) is 8.18. The van der Waals surface area contributed by atoms with Crippen molar-refractivity contribution in [3.63, 3.8) is 0 Å². The molecule has 0 fully saturated rings. The van der Waals surface area contributed by atoms with Gasteiger partial charge in [-0.2, -0.15) is 0 Å². The number of carbonyl (C=O) groups is 1. The Morgan fingerprint density at radius 1 is 1.09 bits per heavy atom. The number of hydrogen-bond acceptors (Lipinski definition) is 4. The van der Waals surface area contributed by atoms with E-state index in [0.717, 1.165) is 18.5 Å². The monoisotopic (exact) mass is 477 g/mol. The molecule has 0 spiro atoms. The SMILES string of the molecule is C/C=C(\Sc1ccccc1C)c1c(C)sc2c1CCN(C)C2.CCCC(=O)c1ccccc1. The first-order valence-electron chi connectivity index (χ1n) is 11.7. The van der Waals surface area contributed by atoms with Gasteiger partial charge in [-0.05, 0) is 57.9 Å². The first-order valence-corrected chi connectivity index (χ1v) is 13.4. The minimum Gasteiger partial charge on any atom is -0.301 e. The number of Topliss-reactive ketones (excluding diaryl/α,β-unsaturated/α-hetero) is 1. The van der Waals surface area contributed by atoms with Crippen molar-refractivity contribution >= 4 is 33.8 Å². The van der Waals surface area contributed by atoms with E-state index in [9.17, 15) is 4.79 Å². The summed E-state index contributed by atoms with van der Waals surface area (Å²) in [4.78, 5) is 19.5. The topological polar surface area (TPSA) is 20.3 Å². The minimum atomic E-state index is 0.244. The van der Waals surface area contributed by atoms with Crippen molar-refractivity contribution < 1.29 is 4.79 Å². The molecule has 4 heteroatoms. The van der Waals surface area contributed by atoms with E-state index in [0.29, 0.717) is 6.42 Å². The van der Waals surface area contributed by atoms with Gasteiger partial charge in [-0.3, -0.25) is 4.79 Å². The Morgan fingerprint density at radius 3 is 2.45 bits per heavy atom. The fourth-order valence-corrected chi connectivity index (χ4v) is 6.52. The van der Waals surface area contributed by atoms with Crippen molar-refractivity contribution in [2.24, 2.45) is 0 Å². The Kier molecular flexibility index (Phi) is 9.54. The van der Waals surface area contributed by atoms with E-state index in [1.165, 1.54) is 38.8 Å². The Hall–Kier alpha value is -2.14. The van der Waals surface area contributed by atoms with Gasteiger partial charge < -0.3 is 4.90 Å². The maximum absolute atomic E-state index is 11.2. The van der Waals surface area contributed by atoms with Crippen LogP contribution < -0.4 is 0 Å². The molecular weight excluding hydrogens is 442 g/mol. The second-order valence-electron chi connectivity index (χ2n) is 8.48. The van der Waals surface area contributed by atoms with Crippen LogP contribution in [0.3, 0.4) is 0 Å². The largest absolute Gasteiger partial charge is 0.301 e. The zero-order chi connectivity index (χ0) is 23.8. The van der Waals surface area contributed by atoms with Crippen LogP contribution in [0.2, 0.25) is 0 Å². The van der Waals surface area contributed by atoms with E-state index in [1.807, 2.05) is 60.4 Å². The highest BCUT2D eigenvalue weighted by Crippen LogP contribution is 2.43. The molecule has 2 heterocycles. The summed E-state index contributed by atoms with van der Waals surface area (Å²) in [5, 5.41) is 0. The molecule has 4 rings (SSSR count). The number of nitrogens with zero attached hydrogens (tertiary/aromatic N) is 1. The average molecular weight is 478 g/mol. The molecule has 33 heavy (non-hydrogen) atoms. The third-order valence-corrected chi connectivity index (χ3v) is 8.29. The lowest BCUT2D eigenvalue weighted by atomic mass is 10.0. The number of ketones is 1. The summed E-state index contributed by atoms with van der Waals surface area (Å²) < 4.78 is 0. The van der Waals surface area contributed by atoms with Gasteiger partial charge >= 0.3 is 0 Å². The molecule has 3 aromatic rings. The third kappa shape index (κ3) is 6.69. The Bertz CT molecular complexity index is 1100. The van der Waals surface area contributed by atoms with Crippen molar-refractivity contribution in [2.75, 3.05) is 13.6 Å². The van der Waals surface area contributed by atoms with Gasteiger partial charge in [-0.15, -0.1) is 11.3 Å². The summed E-state index contributed by atoms with van der Waals surface area (Å²) in [5.41, 5.74) is 5.28. The number of hydrogen-bond donors (Lipinski definition) is 0. The van der Waals surface area contributed by atoms with Crippen LogP contribution in [0.15, 0.2) is 65.6 Å². The number of benzene rings is 2. The normalized spacial score (nSPS) is 13.8. The lowest BCUT2D eigenvalue weighted by molar-refractivity contribution is 0.0981. The molecule has 0 saturated carbocycles. The maximum atomic E-state index is 11.2. The molecule has 0 radical (unpaired) electrons. The van der Waals surface area contributed by atoms with Gasteiger partial charge in [-0.25, -0.2) is 0 Å². The zero-order valence-electron chi connectivity index (χ0n) is 20.5. The smallest absolute Gasteiger partial charge is 0.162 e. The van der Waals surface area contributed by atoms with E-state index in [1.54, 1.807) is 10.4 Å². The van der Waals surface area contributed by atoms with Crippen molar-refractivity contribution in [1.29, 1.82) is 0 Å². The second kappa shape index (κ2) is 12.4. The van der Waals surface area contributed by atoms with Crippen LogP contribution in [0.25, 0.3) is 4.91 Å². The highest BCUT2D eigenvalue weighted by Gasteiger charge is 2.23. The van der Waals surface area contributed by atoms with E-state index >= 15 is 0 Å². The van der Waals surface area contributed by atoms with Crippen LogP contribution >= 0.6 is 23.1 Å². The molecule has 0 bridgehead atoms. The van der Waals surface area contributed by atoms with Crippen LogP contribution in [0.4, 0.5) is 0 Å². The van der Waals surface area contributed by atoms with Crippen molar-refractivity contribution in [2.45, 2.75) is 58.4 Å². The summed E-state index contributed by atoms with van der Waals surface area (Å²) in [6.45, 7) is 10.9. The van der Waals surface area contributed by atoms with Gasteiger partial charge in [0, 0.05) is 50.2 Å². The van der Waals surface area contributed by atoms with Crippen LogP contribution in [0.5, 0.6) is 0 Å². The Morgan fingerprint density at radius 2 is 1.79 bits per heavy atom. The van der Waals surface area contributed by atoms with E-state index in [-0.39, 0.29) is 5.78 Å². The van der Waals surface area contributed by atoms with Gasteiger partial charge in [0.25, 0.3) is 0 Å². The zero-order valence-corrected chi connectivity index (χ0v) is 22.1. The summed E-state index contributed by atoms with van der Waals surface area (Å²) in [5.74, 6) is 0.244.